The van der Waals surface area contributed by atoms with Crippen molar-refractivity contribution in [3.8, 4) is 0 Å². The molecule has 6 rings (SSSR count). The summed E-state index contributed by atoms with van der Waals surface area (Å²) in [6, 6.07) is 29.1. The Bertz CT molecular complexity index is 1730. The lowest BCUT2D eigenvalue weighted by molar-refractivity contribution is 0.102. The zero-order valence-electron chi connectivity index (χ0n) is 23.3. The normalized spacial score (nSPS) is 14.7. The summed E-state index contributed by atoms with van der Waals surface area (Å²) in [5.41, 5.74) is 3.70. The number of hydrogen-bond acceptors (Lipinski definition) is 5. The van der Waals surface area contributed by atoms with E-state index in [2.05, 4.69) is 70.5 Å². The highest BCUT2D eigenvalue weighted by Crippen LogP contribution is 2.30. The van der Waals surface area contributed by atoms with E-state index in [1.165, 1.54) is 22.7 Å². The van der Waals surface area contributed by atoms with Gasteiger partial charge in [-0.25, -0.2) is 9.78 Å². The molecule has 1 aliphatic heterocycles. The number of hydrogen-bond donors (Lipinski definition) is 0. The fraction of sp³-hybridized carbons (Fsp3) is 0.281. The molecule has 3 heterocycles. The summed E-state index contributed by atoms with van der Waals surface area (Å²) in [6.45, 7) is 4.54. The fourth-order valence-corrected chi connectivity index (χ4v) is 5.95. The van der Waals surface area contributed by atoms with Gasteiger partial charge in [-0.05, 0) is 28.8 Å². The molecule has 0 bridgehead atoms. The Balaban J connectivity index is 1.29. The van der Waals surface area contributed by atoms with E-state index in [0.717, 1.165) is 42.1 Å². The van der Waals surface area contributed by atoms with Gasteiger partial charge in [-0.3, -0.25) is 23.7 Å². The Morgan fingerprint density at radius 1 is 0.756 bits per heavy atom. The first kappa shape index (κ1) is 27.2. The van der Waals surface area contributed by atoms with Gasteiger partial charge in [0.15, 0.2) is 11.2 Å². The maximum absolute atomic E-state index is 13.3. The van der Waals surface area contributed by atoms with Crippen molar-refractivity contribution < 1.29 is 0 Å². The van der Waals surface area contributed by atoms with Gasteiger partial charge in [-0.1, -0.05) is 84.4 Å². The fourth-order valence-electron chi connectivity index (χ4n) is 5.82. The van der Waals surface area contributed by atoms with Crippen LogP contribution in [0.25, 0.3) is 11.2 Å². The molecule has 0 N–H and O–H groups in total. The number of nitrogens with zero attached hydrogens (tertiary/aromatic N) is 6. The predicted molar refractivity (Wildman–Crippen MR) is 162 cm³/mol. The van der Waals surface area contributed by atoms with Gasteiger partial charge in [0.05, 0.1) is 12.6 Å². The first-order chi connectivity index (χ1) is 19.9. The quantitative estimate of drug-likeness (QED) is 0.296. The van der Waals surface area contributed by atoms with Crippen LogP contribution in [0, 0.1) is 0 Å². The predicted octanol–water partition coefficient (Wildman–Crippen LogP) is 4.04. The second kappa shape index (κ2) is 11.5. The molecule has 0 unspecified atom stereocenters. The Kier molecular flexibility index (Phi) is 7.62. The lowest BCUT2D eigenvalue weighted by Crippen LogP contribution is -2.47. The van der Waals surface area contributed by atoms with Crippen molar-refractivity contribution >= 4 is 22.8 Å². The van der Waals surface area contributed by atoms with Gasteiger partial charge < -0.3 is 4.57 Å². The zero-order chi connectivity index (χ0) is 28.5. The number of fused-ring (bicyclic) bond motifs is 1. The molecule has 210 valence electrons. The van der Waals surface area contributed by atoms with E-state index < -0.39 is 0 Å². The molecule has 0 atom stereocenters. The van der Waals surface area contributed by atoms with Crippen LogP contribution in [0.5, 0.6) is 0 Å². The van der Waals surface area contributed by atoms with E-state index >= 15 is 0 Å². The van der Waals surface area contributed by atoms with E-state index in [9.17, 15) is 9.59 Å². The third-order valence-corrected chi connectivity index (χ3v) is 8.30. The minimum absolute atomic E-state index is 0.187. The van der Waals surface area contributed by atoms with Crippen LogP contribution in [-0.4, -0.2) is 54.7 Å². The van der Waals surface area contributed by atoms with Gasteiger partial charge in [-0.15, -0.1) is 0 Å². The molecule has 0 spiro atoms. The average Bonchev–Trinajstić information content (AvgIpc) is 3.35. The molecule has 0 amide bonds. The Labute approximate surface area is 243 Å². The number of benzene rings is 3. The van der Waals surface area contributed by atoms with Crippen LogP contribution in [0.1, 0.15) is 28.6 Å². The van der Waals surface area contributed by atoms with Gasteiger partial charge >= 0.3 is 5.69 Å². The number of aromatic nitrogens is 4. The van der Waals surface area contributed by atoms with Crippen LogP contribution in [0.15, 0.2) is 94.5 Å². The summed E-state index contributed by atoms with van der Waals surface area (Å²) in [5, 5.41) is 0.657. The first-order valence-corrected chi connectivity index (χ1v) is 14.2. The molecule has 0 aliphatic carbocycles. The van der Waals surface area contributed by atoms with Crippen molar-refractivity contribution in [2.24, 2.45) is 14.1 Å². The standard InChI is InChI=1S/C32H33ClN6O2/c1-35-30-29(31(40)36(2)32(35)41)39(21-23-13-15-26(33)16-14-23)27(34-30)22-37-17-19-38(20-18-37)28(24-9-5-3-6-10-24)25-11-7-4-8-12-25/h3-16,28H,17-22H2,1-2H3. The van der Waals surface area contributed by atoms with Crippen molar-refractivity contribution in [3.05, 3.63) is 133 Å². The van der Waals surface area contributed by atoms with E-state index in [-0.39, 0.29) is 17.3 Å². The molecule has 0 radical (unpaired) electrons. The van der Waals surface area contributed by atoms with Crippen LogP contribution >= 0.6 is 11.6 Å². The summed E-state index contributed by atoms with van der Waals surface area (Å²) in [6.07, 6.45) is 0. The SMILES string of the molecule is Cn1c(=O)c2c(nc(CN3CCN(C(c4ccccc4)c4ccccc4)CC3)n2Cc2ccc(Cl)cc2)n(C)c1=O. The molecule has 2 aromatic heterocycles. The molecule has 1 fully saturated rings. The van der Waals surface area contributed by atoms with Crippen LogP contribution in [0.4, 0.5) is 0 Å². The van der Waals surface area contributed by atoms with Crippen LogP contribution in [-0.2, 0) is 27.2 Å². The lowest BCUT2D eigenvalue weighted by atomic mass is 9.96. The van der Waals surface area contributed by atoms with Gasteiger partial charge in [0.2, 0.25) is 0 Å². The number of piperazine rings is 1. The number of rotatable bonds is 7. The number of halogens is 1. The molecule has 5 aromatic rings. The average molecular weight is 569 g/mol. The maximum atomic E-state index is 13.3. The highest BCUT2D eigenvalue weighted by molar-refractivity contribution is 6.30. The third-order valence-electron chi connectivity index (χ3n) is 8.05. The summed E-state index contributed by atoms with van der Waals surface area (Å²) in [7, 11) is 3.18. The Morgan fingerprint density at radius 3 is 1.93 bits per heavy atom. The zero-order valence-corrected chi connectivity index (χ0v) is 24.0. The minimum Gasteiger partial charge on any atom is -0.317 e. The molecule has 1 aliphatic rings. The Morgan fingerprint density at radius 2 is 1.34 bits per heavy atom. The first-order valence-electron chi connectivity index (χ1n) is 13.9. The smallest absolute Gasteiger partial charge is 0.317 e. The Hall–Kier alpha value is -3.98. The van der Waals surface area contributed by atoms with Gasteiger partial charge in [-0.2, -0.15) is 0 Å². The molecule has 41 heavy (non-hydrogen) atoms. The minimum atomic E-state index is -0.383. The van der Waals surface area contributed by atoms with Crippen molar-refractivity contribution in [3.63, 3.8) is 0 Å². The maximum Gasteiger partial charge on any atom is 0.332 e. The number of aryl methyl sites for hydroxylation is 1. The third kappa shape index (κ3) is 5.38. The molecule has 3 aromatic carbocycles. The molecule has 1 saturated heterocycles. The van der Waals surface area contributed by atoms with Crippen molar-refractivity contribution in [1.82, 2.24) is 28.5 Å². The second-order valence-corrected chi connectivity index (χ2v) is 11.1. The van der Waals surface area contributed by atoms with Crippen LogP contribution in [0.3, 0.4) is 0 Å². The van der Waals surface area contributed by atoms with Crippen molar-refractivity contribution in [2.75, 3.05) is 26.2 Å². The molecule has 8 nitrogen and oxygen atoms in total. The summed E-state index contributed by atoms with van der Waals surface area (Å²) >= 11 is 6.12. The van der Waals surface area contributed by atoms with E-state index in [0.29, 0.717) is 29.3 Å². The van der Waals surface area contributed by atoms with E-state index in [4.69, 9.17) is 16.6 Å². The summed E-state index contributed by atoms with van der Waals surface area (Å²) < 4.78 is 4.57. The van der Waals surface area contributed by atoms with Crippen molar-refractivity contribution in [2.45, 2.75) is 19.1 Å². The highest BCUT2D eigenvalue weighted by Gasteiger charge is 2.28. The molecular weight excluding hydrogens is 536 g/mol. The monoisotopic (exact) mass is 568 g/mol. The molecule has 0 saturated carbocycles. The lowest BCUT2D eigenvalue weighted by Gasteiger charge is -2.39. The van der Waals surface area contributed by atoms with Crippen LogP contribution < -0.4 is 11.2 Å². The van der Waals surface area contributed by atoms with Gasteiger partial charge in [0.25, 0.3) is 5.56 Å². The van der Waals surface area contributed by atoms with Crippen molar-refractivity contribution in [1.29, 1.82) is 0 Å². The second-order valence-electron chi connectivity index (χ2n) is 10.7. The van der Waals surface area contributed by atoms with Gasteiger partial charge in [0.1, 0.15) is 5.82 Å². The largest absolute Gasteiger partial charge is 0.332 e. The van der Waals surface area contributed by atoms with Crippen LogP contribution in [0.2, 0.25) is 5.02 Å². The van der Waals surface area contributed by atoms with E-state index in [1.807, 2.05) is 28.8 Å². The summed E-state index contributed by atoms with van der Waals surface area (Å²) in [4.78, 5) is 35.8. The van der Waals surface area contributed by atoms with E-state index in [1.54, 1.807) is 7.05 Å². The highest BCUT2D eigenvalue weighted by atomic mass is 35.5. The topological polar surface area (TPSA) is 68.3 Å². The number of imidazole rings is 1. The molecular formula is C32H33ClN6O2. The van der Waals surface area contributed by atoms with Gasteiger partial charge in [0, 0.05) is 51.8 Å². The summed E-state index contributed by atoms with van der Waals surface area (Å²) in [5.74, 6) is 0.768. The molecule has 9 heteroatoms.